The van der Waals surface area contributed by atoms with Crippen molar-refractivity contribution in [2.45, 2.75) is 26.2 Å². The van der Waals surface area contributed by atoms with E-state index in [4.69, 9.17) is 4.74 Å². The minimum absolute atomic E-state index is 0.214. The summed E-state index contributed by atoms with van der Waals surface area (Å²) >= 11 is 3.51. The van der Waals surface area contributed by atoms with Gasteiger partial charge >= 0.3 is 0 Å². The van der Waals surface area contributed by atoms with Crippen LogP contribution in [0.15, 0.2) is 16.6 Å². The Hall–Kier alpha value is -0.830. The molecule has 0 fully saturated rings. The number of hydrogen-bond donors (Lipinski definition) is 0. The number of rotatable bonds is 4. The Morgan fingerprint density at radius 1 is 1.53 bits per heavy atom. The zero-order valence-electron chi connectivity index (χ0n) is 9.21. The lowest BCUT2D eigenvalue weighted by Crippen LogP contribution is -1.98. The minimum Gasteiger partial charge on any atom is -0.496 e. The van der Waals surface area contributed by atoms with Gasteiger partial charge in [-0.2, -0.15) is 0 Å². The molecule has 1 unspecified atom stereocenters. The van der Waals surface area contributed by atoms with Crippen LogP contribution in [0.25, 0.3) is 0 Å². The second kappa shape index (κ2) is 5.31. The molecule has 0 bridgehead atoms. The third-order valence-corrected chi connectivity index (χ3v) is 3.18. The van der Waals surface area contributed by atoms with Crippen molar-refractivity contribution in [1.29, 1.82) is 0 Å². The van der Waals surface area contributed by atoms with E-state index >= 15 is 0 Å². The molecule has 0 amide bonds. The molecule has 0 N–H and O–H groups in total. The van der Waals surface area contributed by atoms with E-state index in [1.807, 2.05) is 26.0 Å². The molecule has 0 radical (unpaired) electrons. The van der Waals surface area contributed by atoms with Gasteiger partial charge in [-0.05, 0) is 36.1 Å². The first-order valence-corrected chi connectivity index (χ1v) is 5.67. The standard InChI is InChI=1S/C12H15BrO2/c1-8(4-5-14)10-7-12(15-3)9(2)6-11(10)13/h5-8H,4H2,1-3H3. The lowest BCUT2D eigenvalue weighted by atomic mass is 9.97. The summed E-state index contributed by atoms with van der Waals surface area (Å²) in [5, 5.41) is 0. The molecule has 82 valence electrons. The number of benzene rings is 1. The molecule has 2 nitrogen and oxygen atoms in total. The molecule has 0 saturated heterocycles. The summed E-state index contributed by atoms with van der Waals surface area (Å²) in [5.41, 5.74) is 2.20. The molecule has 0 aliphatic heterocycles. The van der Waals surface area contributed by atoms with E-state index in [9.17, 15) is 4.79 Å². The van der Waals surface area contributed by atoms with Crippen LogP contribution >= 0.6 is 15.9 Å². The van der Waals surface area contributed by atoms with Crippen molar-refractivity contribution in [1.82, 2.24) is 0 Å². The topological polar surface area (TPSA) is 26.3 Å². The van der Waals surface area contributed by atoms with Crippen molar-refractivity contribution in [3.63, 3.8) is 0 Å². The highest BCUT2D eigenvalue weighted by Gasteiger charge is 2.12. The lowest BCUT2D eigenvalue weighted by Gasteiger charge is -2.14. The highest BCUT2D eigenvalue weighted by molar-refractivity contribution is 9.10. The van der Waals surface area contributed by atoms with Crippen LogP contribution in [0.1, 0.15) is 30.4 Å². The van der Waals surface area contributed by atoms with Crippen molar-refractivity contribution in [3.8, 4) is 5.75 Å². The van der Waals surface area contributed by atoms with Crippen molar-refractivity contribution >= 4 is 22.2 Å². The minimum atomic E-state index is 0.214. The van der Waals surface area contributed by atoms with Gasteiger partial charge in [0.05, 0.1) is 7.11 Å². The first-order valence-electron chi connectivity index (χ1n) is 4.87. The number of carbonyl (C=O) groups excluding carboxylic acids is 1. The summed E-state index contributed by atoms with van der Waals surface area (Å²) in [5.74, 6) is 1.08. The fraction of sp³-hybridized carbons (Fsp3) is 0.417. The molecular formula is C12H15BrO2. The van der Waals surface area contributed by atoms with E-state index in [1.165, 1.54) is 0 Å². The number of ether oxygens (including phenoxy) is 1. The zero-order valence-corrected chi connectivity index (χ0v) is 10.8. The molecule has 15 heavy (non-hydrogen) atoms. The molecule has 1 atom stereocenters. The van der Waals surface area contributed by atoms with Gasteiger partial charge in [0.1, 0.15) is 12.0 Å². The molecule has 0 aromatic heterocycles. The summed E-state index contributed by atoms with van der Waals surface area (Å²) in [6.45, 7) is 4.03. The fourth-order valence-corrected chi connectivity index (χ4v) is 2.39. The Kier molecular flexibility index (Phi) is 4.33. The van der Waals surface area contributed by atoms with Crippen molar-refractivity contribution in [2.24, 2.45) is 0 Å². The van der Waals surface area contributed by atoms with E-state index in [-0.39, 0.29) is 5.92 Å². The van der Waals surface area contributed by atoms with Crippen LogP contribution in [0.2, 0.25) is 0 Å². The normalized spacial score (nSPS) is 12.3. The van der Waals surface area contributed by atoms with E-state index in [2.05, 4.69) is 15.9 Å². The predicted octanol–water partition coefficient (Wildman–Crippen LogP) is 3.46. The van der Waals surface area contributed by atoms with Crippen LogP contribution in [-0.2, 0) is 4.79 Å². The summed E-state index contributed by atoms with van der Waals surface area (Å²) in [6.07, 6.45) is 1.48. The van der Waals surface area contributed by atoms with Crippen molar-refractivity contribution in [2.75, 3.05) is 7.11 Å². The third-order valence-electron chi connectivity index (χ3n) is 2.49. The Morgan fingerprint density at radius 3 is 2.73 bits per heavy atom. The van der Waals surface area contributed by atoms with Gasteiger partial charge in [0.15, 0.2) is 0 Å². The van der Waals surface area contributed by atoms with E-state index in [1.54, 1.807) is 7.11 Å². The van der Waals surface area contributed by atoms with E-state index in [0.717, 1.165) is 27.6 Å². The number of carbonyl (C=O) groups is 1. The summed E-state index contributed by atoms with van der Waals surface area (Å²) in [6, 6.07) is 4.02. The summed E-state index contributed by atoms with van der Waals surface area (Å²) in [4.78, 5) is 10.5. The largest absolute Gasteiger partial charge is 0.496 e. The first kappa shape index (κ1) is 12.2. The van der Waals surface area contributed by atoms with Gasteiger partial charge in [-0.3, -0.25) is 0 Å². The van der Waals surface area contributed by atoms with E-state index in [0.29, 0.717) is 6.42 Å². The van der Waals surface area contributed by atoms with Gasteiger partial charge in [-0.15, -0.1) is 0 Å². The molecule has 0 spiro atoms. The Balaban J connectivity index is 3.11. The van der Waals surface area contributed by atoms with E-state index < -0.39 is 0 Å². The highest BCUT2D eigenvalue weighted by Crippen LogP contribution is 2.32. The van der Waals surface area contributed by atoms with Crippen LogP contribution in [0.5, 0.6) is 5.75 Å². The predicted molar refractivity (Wildman–Crippen MR) is 64.5 cm³/mol. The van der Waals surface area contributed by atoms with Crippen LogP contribution in [-0.4, -0.2) is 13.4 Å². The molecule has 1 aromatic carbocycles. The van der Waals surface area contributed by atoms with Gasteiger partial charge in [0, 0.05) is 10.9 Å². The Morgan fingerprint density at radius 2 is 2.20 bits per heavy atom. The average molecular weight is 271 g/mol. The third kappa shape index (κ3) is 2.81. The Labute approximate surface area is 98.8 Å². The van der Waals surface area contributed by atoms with Gasteiger partial charge < -0.3 is 9.53 Å². The highest BCUT2D eigenvalue weighted by atomic mass is 79.9. The molecule has 1 rings (SSSR count). The monoisotopic (exact) mass is 270 g/mol. The Bertz CT molecular complexity index is 361. The maximum Gasteiger partial charge on any atom is 0.122 e. The molecule has 0 heterocycles. The molecule has 0 aliphatic rings. The zero-order chi connectivity index (χ0) is 11.4. The second-order valence-electron chi connectivity index (χ2n) is 3.65. The molecule has 0 saturated carbocycles. The number of aryl methyl sites for hydroxylation is 1. The van der Waals surface area contributed by atoms with Gasteiger partial charge in [-0.1, -0.05) is 22.9 Å². The van der Waals surface area contributed by atoms with Crippen molar-refractivity contribution in [3.05, 3.63) is 27.7 Å². The molecule has 0 aliphatic carbocycles. The fourth-order valence-electron chi connectivity index (χ4n) is 1.54. The average Bonchev–Trinajstić information content (AvgIpc) is 2.18. The second-order valence-corrected chi connectivity index (χ2v) is 4.50. The number of aldehydes is 1. The van der Waals surface area contributed by atoms with Crippen LogP contribution in [0.4, 0.5) is 0 Å². The number of halogens is 1. The summed E-state index contributed by atoms with van der Waals surface area (Å²) < 4.78 is 6.30. The van der Waals surface area contributed by atoms with Gasteiger partial charge in [-0.25, -0.2) is 0 Å². The molecule has 3 heteroatoms. The first-order chi connectivity index (χ1) is 7.10. The van der Waals surface area contributed by atoms with Gasteiger partial charge in [0.2, 0.25) is 0 Å². The number of hydrogen-bond acceptors (Lipinski definition) is 2. The maximum atomic E-state index is 10.5. The smallest absolute Gasteiger partial charge is 0.122 e. The maximum absolute atomic E-state index is 10.5. The summed E-state index contributed by atoms with van der Waals surface area (Å²) in [7, 11) is 1.66. The van der Waals surface area contributed by atoms with Crippen LogP contribution in [0.3, 0.4) is 0 Å². The number of methoxy groups -OCH3 is 1. The lowest BCUT2D eigenvalue weighted by molar-refractivity contribution is -0.108. The SMILES string of the molecule is COc1cc(C(C)CC=O)c(Br)cc1C. The van der Waals surface area contributed by atoms with Crippen LogP contribution in [0, 0.1) is 6.92 Å². The van der Waals surface area contributed by atoms with Crippen LogP contribution < -0.4 is 4.74 Å². The quantitative estimate of drug-likeness (QED) is 0.784. The van der Waals surface area contributed by atoms with Gasteiger partial charge in [0.25, 0.3) is 0 Å². The van der Waals surface area contributed by atoms with Crippen molar-refractivity contribution < 1.29 is 9.53 Å². The molecular weight excluding hydrogens is 256 g/mol. The molecule has 1 aromatic rings.